The Kier molecular flexibility index (Phi) is 4.46. The fraction of sp³-hybridized carbons (Fsp3) is 0.250. The minimum atomic E-state index is -1.01. The fourth-order valence-corrected chi connectivity index (χ4v) is 2.66. The number of nitro groups is 1. The smallest absolute Gasteiger partial charge is 0.433 e. The van der Waals surface area contributed by atoms with E-state index in [1.54, 1.807) is 12.1 Å². The van der Waals surface area contributed by atoms with Crippen LogP contribution in [0.5, 0.6) is 0 Å². The summed E-state index contributed by atoms with van der Waals surface area (Å²) >= 11 is 0. The number of esters is 1. The molecule has 2 heterocycles. The van der Waals surface area contributed by atoms with E-state index in [2.05, 4.69) is 0 Å². The predicted molar refractivity (Wildman–Crippen MR) is 82.7 cm³/mol. The van der Waals surface area contributed by atoms with Gasteiger partial charge >= 0.3 is 11.9 Å². The molecule has 0 saturated heterocycles. The van der Waals surface area contributed by atoms with Crippen molar-refractivity contribution in [3.05, 3.63) is 57.6 Å². The lowest BCUT2D eigenvalue weighted by molar-refractivity contribution is -0.402. The molecule has 0 atom stereocenters. The average molecular weight is 348 g/mol. The van der Waals surface area contributed by atoms with Crippen LogP contribution in [0.15, 0.2) is 34.7 Å². The molecule has 0 unspecified atom stereocenters. The molecule has 1 aliphatic rings. The third kappa shape index (κ3) is 3.35. The highest BCUT2D eigenvalue weighted by molar-refractivity contribution is 5.97. The van der Waals surface area contributed by atoms with Crippen LogP contribution in [-0.2, 0) is 16.0 Å². The second-order valence-corrected chi connectivity index (χ2v) is 5.37. The molecule has 0 N–H and O–H groups in total. The fourth-order valence-electron chi connectivity index (χ4n) is 2.66. The first-order valence-electron chi connectivity index (χ1n) is 7.46. The van der Waals surface area contributed by atoms with Crippen molar-refractivity contribution in [2.24, 2.45) is 0 Å². The molecular formula is C16H13FN2O6. The van der Waals surface area contributed by atoms with Gasteiger partial charge in [-0.3, -0.25) is 14.9 Å². The minimum Gasteiger partial charge on any atom is -0.450 e. The maximum absolute atomic E-state index is 14.0. The van der Waals surface area contributed by atoms with E-state index in [0.717, 1.165) is 12.1 Å². The molecule has 0 aliphatic carbocycles. The highest BCUT2D eigenvalue weighted by Gasteiger charge is 2.27. The summed E-state index contributed by atoms with van der Waals surface area (Å²) in [4.78, 5) is 35.1. The minimum absolute atomic E-state index is 0.198. The molecule has 0 spiro atoms. The Bertz CT molecular complexity index is 847. The van der Waals surface area contributed by atoms with Crippen LogP contribution in [0.2, 0.25) is 0 Å². The van der Waals surface area contributed by atoms with Crippen LogP contribution in [0, 0.1) is 15.9 Å². The summed E-state index contributed by atoms with van der Waals surface area (Å²) in [6.45, 7) is -0.308. The normalized spacial score (nSPS) is 13.2. The van der Waals surface area contributed by atoms with Gasteiger partial charge in [-0.25, -0.2) is 9.18 Å². The molecule has 3 rings (SSSR count). The van der Waals surface area contributed by atoms with E-state index >= 15 is 0 Å². The van der Waals surface area contributed by atoms with Gasteiger partial charge in [0.2, 0.25) is 5.76 Å². The zero-order valence-corrected chi connectivity index (χ0v) is 12.9. The van der Waals surface area contributed by atoms with Gasteiger partial charge in [0.25, 0.3) is 5.91 Å². The van der Waals surface area contributed by atoms with Gasteiger partial charge in [-0.05, 0) is 30.5 Å². The van der Waals surface area contributed by atoms with E-state index in [9.17, 15) is 24.1 Å². The summed E-state index contributed by atoms with van der Waals surface area (Å²) < 4.78 is 23.6. The van der Waals surface area contributed by atoms with Crippen LogP contribution in [0.25, 0.3) is 0 Å². The van der Waals surface area contributed by atoms with Gasteiger partial charge in [0, 0.05) is 6.54 Å². The molecule has 1 aromatic heterocycles. The first kappa shape index (κ1) is 16.6. The number of rotatable bonds is 4. The van der Waals surface area contributed by atoms with Crippen LogP contribution in [-0.4, -0.2) is 30.0 Å². The quantitative estimate of drug-likeness (QED) is 0.478. The Labute approximate surface area is 140 Å². The van der Waals surface area contributed by atoms with Crippen molar-refractivity contribution < 1.29 is 28.1 Å². The second kappa shape index (κ2) is 6.71. The van der Waals surface area contributed by atoms with Gasteiger partial charge in [-0.15, -0.1) is 0 Å². The van der Waals surface area contributed by atoms with Gasteiger partial charge in [-0.2, -0.15) is 0 Å². The van der Waals surface area contributed by atoms with Gasteiger partial charge < -0.3 is 14.1 Å². The molecule has 0 radical (unpaired) electrons. The van der Waals surface area contributed by atoms with E-state index in [1.807, 2.05) is 0 Å². The molecule has 2 aromatic rings. The first-order valence-corrected chi connectivity index (χ1v) is 7.46. The molecule has 0 saturated carbocycles. The lowest BCUT2D eigenvalue weighted by Gasteiger charge is -2.29. The standard InChI is InChI=1S/C16H13FN2O6/c17-11-5-1-3-10-4-2-8-18(15(10)11)13(20)9-24-16(21)12-6-7-14(25-12)19(22)23/h1,3,5-7H,2,4,8-9H2. The number of furan rings is 1. The number of carbonyl (C=O) groups excluding carboxylic acids is 2. The maximum Gasteiger partial charge on any atom is 0.433 e. The number of ether oxygens (including phenoxy) is 1. The number of fused-ring (bicyclic) bond motifs is 1. The Morgan fingerprint density at radius 2 is 2.12 bits per heavy atom. The van der Waals surface area contributed by atoms with E-state index in [4.69, 9.17) is 9.15 Å². The second-order valence-electron chi connectivity index (χ2n) is 5.37. The molecule has 0 bridgehead atoms. The van der Waals surface area contributed by atoms with Gasteiger partial charge in [0.15, 0.2) is 6.61 Å². The number of amides is 1. The molecular weight excluding hydrogens is 335 g/mol. The maximum atomic E-state index is 14.0. The zero-order valence-electron chi connectivity index (χ0n) is 12.9. The molecule has 9 heteroatoms. The van der Waals surface area contributed by atoms with Crippen molar-refractivity contribution in [2.45, 2.75) is 12.8 Å². The van der Waals surface area contributed by atoms with Crippen LogP contribution in [0.3, 0.4) is 0 Å². The van der Waals surface area contributed by atoms with Crippen molar-refractivity contribution >= 4 is 23.4 Å². The lowest BCUT2D eigenvalue weighted by Crippen LogP contribution is -2.39. The monoisotopic (exact) mass is 348 g/mol. The summed E-state index contributed by atoms with van der Waals surface area (Å²) in [7, 11) is 0. The van der Waals surface area contributed by atoms with E-state index < -0.39 is 35.1 Å². The van der Waals surface area contributed by atoms with Crippen molar-refractivity contribution in [3.8, 4) is 0 Å². The third-order valence-corrected chi connectivity index (χ3v) is 3.77. The number of hydrogen-bond acceptors (Lipinski definition) is 6. The number of hydrogen-bond donors (Lipinski definition) is 0. The van der Waals surface area contributed by atoms with Crippen molar-refractivity contribution in [1.82, 2.24) is 0 Å². The first-order chi connectivity index (χ1) is 12.0. The molecule has 25 heavy (non-hydrogen) atoms. The summed E-state index contributed by atoms with van der Waals surface area (Å²) in [5, 5.41) is 10.5. The van der Waals surface area contributed by atoms with E-state index in [0.29, 0.717) is 24.9 Å². The summed E-state index contributed by atoms with van der Waals surface area (Å²) in [6, 6.07) is 6.67. The predicted octanol–water partition coefficient (Wildman–Crippen LogP) is 2.46. The molecule has 130 valence electrons. The lowest BCUT2D eigenvalue weighted by atomic mass is 10.0. The Balaban J connectivity index is 1.67. The summed E-state index contributed by atoms with van der Waals surface area (Å²) in [5.41, 5.74) is 0.913. The van der Waals surface area contributed by atoms with Crippen molar-refractivity contribution in [2.75, 3.05) is 18.1 Å². The van der Waals surface area contributed by atoms with Crippen LogP contribution < -0.4 is 4.90 Å². The SMILES string of the molecule is O=C(OCC(=O)N1CCCc2cccc(F)c21)c1ccc([N+](=O)[O-])o1. The van der Waals surface area contributed by atoms with Crippen molar-refractivity contribution in [1.29, 1.82) is 0 Å². The molecule has 8 nitrogen and oxygen atoms in total. The van der Waals surface area contributed by atoms with Crippen LogP contribution >= 0.6 is 0 Å². The number of carbonyl (C=O) groups is 2. The largest absolute Gasteiger partial charge is 0.450 e. The number of benzene rings is 1. The number of para-hydroxylation sites is 1. The van der Waals surface area contributed by atoms with Crippen LogP contribution in [0.4, 0.5) is 16.0 Å². The van der Waals surface area contributed by atoms with E-state index in [-0.39, 0.29) is 11.4 Å². The summed E-state index contributed by atoms with van der Waals surface area (Å²) in [6.07, 6.45) is 1.33. The van der Waals surface area contributed by atoms with Crippen LogP contribution in [0.1, 0.15) is 22.5 Å². The highest BCUT2D eigenvalue weighted by atomic mass is 19.1. The molecule has 1 aliphatic heterocycles. The number of halogens is 1. The number of anilines is 1. The Morgan fingerprint density at radius 1 is 1.32 bits per heavy atom. The number of nitrogens with zero attached hydrogens (tertiary/aromatic N) is 2. The molecule has 1 amide bonds. The molecule has 0 fully saturated rings. The van der Waals surface area contributed by atoms with E-state index in [1.165, 1.54) is 11.0 Å². The summed E-state index contributed by atoms with van der Waals surface area (Å²) in [5.74, 6) is -3.10. The Hall–Kier alpha value is -3.23. The van der Waals surface area contributed by atoms with Gasteiger partial charge in [0.1, 0.15) is 10.7 Å². The molecule has 1 aromatic carbocycles. The van der Waals surface area contributed by atoms with Gasteiger partial charge in [0.05, 0.1) is 11.8 Å². The Morgan fingerprint density at radius 3 is 2.84 bits per heavy atom. The number of aryl methyl sites for hydroxylation is 1. The van der Waals surface area contributed by atoms with Gasteiger partial charge in [-0.1, -0.05) is 12.1 Å². The van der Waals surface area contributed by atoms with Crippen molar-refractivity contribution in [3.63, 3.8) is 0 Å². The average Bonchev–Trinajstić information content (AvgIpc) is 3.09. The topological polar surface area (TPSA) is 103 Å². The highest BCUT2D eigenvalue weighted by Crippen LogP contribution is 2.30. The third-order valence-electron chi connectivity index (χ3n) is 3.77. The zero-order chi connectivity index (χ0) is 18.0.